The van der Waals surface area contributed by atoms with Crippen molar-refractivity contribution in [1.29, 1.82) is 0 Å². The molecule has 0 bridgehead atoms. The number of ketones is 1. The Hall–Kier alpha value is -3.84. The first kappa shape index (κ1) is 71.7. The molecule has 8 nitrogen and oxygen atoms in total. The maximum Gasteiger partial charge on any atom is 0.456 e. The number of Topliss-reactive ketones (excluding diaryl/α,β-unsaturated/α-hetero) is 1. The molecule has 0 radical (unpaired) electrons. The van der Waals surface area contributed by atoms with E-state index >= 15 is 0 Å². The first-order valence-electron chi connectivity index (χ1n) is 14.7. The molecule has 5 unspecified atom stereocenters. The van der Waals surface area contributed by atoms with Crippen LogP contribution in [-0.4, -0.2) is 159 Å². The lowest BCUT2D eigenvalue weighted by atomic mass is 9.90. The van der Waals surface area contributed by atoms with Gasteiger partial charge >= 0.3 is 78.9 Å². The average Bonchev–Trinajstić information content (AvgIpc) is 3.08. The van der Waals surface area contributed by atoms with Crippen LogP contribution in [0.1, 0.15) is 8.35 Å². The molecule has 0 aromatic rings. The first-order valence-corrected chi connectivity index (χ1v) is 14.7. The third kappa shape index (κ3) is 16.1. The van der Waals surface area contributed by atoms with E-state index in [0.29, 0.717) is 6.92 Å². The quantitative estimate of drug-likeness (QED) is 0.0783. The fourth-order valence-electron chi connectivity index (χ4n) is 3.06. The van der Waals surface area contributed by atoms with Crippen LogP contribution in [0.2, 0.25) is 0 Å². The van der Waals surface area contributed by atoms with E-state index in [-0.39, 0.29) is 1.43 Å². The van der Waals surface area contributed by atoms with Crippen molar-refractivity contribution >= 4 is 11.8 Å². The Kier molecular flexibility index (Phi) is 22.7. The predicted molar refractivity (Wildman–Crippen MR) is 139 cm³/mol. The molecule has 418 valence electrons. The molecule has 0 aliphatic heterocycles. The number of alkyl halides is 36. The van der Waals surface area contributed by atoms with Crippen LogP contribution in [0.3, 0.4) is 0 Å². The number of ether oxygens (including phenoxy) is 1. The number of carbonyl (C=O) groups is 2. The lowest BCUT2D eigenvalue weighted by Crippen LogP contribution is -2.70. The van der Waals surface area contributed by atoms with Gasteiger partial charge in [0, 0.05) is 5.57 Å². The van der Waals surface area contributed by atoms with Gasteiger partial charge in [0.1, 0.15) is 0 Å². The second-order valence-electron chi connectivity index (χ2n) is 11.9. The van der Waals surface area contributed by atoms with E-state index in [2.05, 4.69) is 11.3 Å². The minimum Gasteiger partial charge on any atom is -1.00 e. The van der Waals surface area contributed by atoms with E-state index < -0.39 is 139 Å². The Morgan fingerprint density at radius 2 is 0.681 bits per heavy atom. The van der Waals surface area contributed by atoms with Crippen LogP contribution in [0.15, 0.2) is 12.2 Å². The van der Waals surface area contributed by atoms with Gasteiger partial charge in [-0.3, -0.25) is 4.79 Å². The number of aliphatic hydroxyl groups is 5. The van der Waals surface area contributed by atoms with Gasteiger partial charge in [0.2, 0.25) is 12.2 Å². The van der Waals surface area contributed by atoms with E-state index in [1.165, 1.54) is 0 Å². The highest BCUT2D eigenvalue weighted by atomic mass is 19.4. The largest absolute Gasteiger partial charge is 1.00 e. The summed E-state index contributed by atoms with van der Waals surface area (Å²) in [4.78, 5) is 20.9. The Labute approximate surface area is 353 Å². The number of carbonyl (C=O) groups excluding carboxylic acids is 2. The molecule has 0 fully saturated rings. The van der Waals surface area contributed by atoms with Gasteiger partial charge in [0.05, 0.1) is 0 Å². The highest BCUT2D eigenvalue weighted by Crippen LogP contribution is 2.53. The monoisotopic (exact) mass is 1130 g/mol. The van der Waals surface area contributed by atoms with E-state index in [9.17, 15) is 168 Å². The zero-order valence-electron chi connectivity index (χ0n) is 31.7. The summed E-state index contributed by atoms with van der Waals surface area (Å²) in [5.74, 6) is -26.7. The number of rotatable bonds is 11. The molecule has 0 heterocycles. The first-order chi connectivity index (χ1) is 29.3. The van der Waals surface area contributed by atoms with Crippen LogP contribution in [0.4, 0.5) is 158 Å². The SMILES string of the molecule is C=C(C)C(=O)OC(C(F)(F)F)C(F)(F)C(O)(C(F)F)C(F)(F)F.O=C(C(F)(F)F)C(F)(F)C(O)(C(F)F)C(F)(F)F.OC(C(F)(F)F)C(F)(F)C(O)(C(F)F)C(F)(F)F.OC(C(F)(F)F)C(F)(F)F.[H-]. The third-order valence-electron chi connectivity index (χ3n) is 6.76. The van der Waals surface area contributed by atoms with Crippen molar-refractivity contribution in [2.45, 2.75) is 128 Å². The highest BCUT2D eigenvalue weighted by molar-refractivity contribution is 5.92. The zero-order valence-corrected chi connectivity index (χ0v) is 30.7. The van der Waals surface area contributed by atoms with Crippen LogP contribution in [0, 0.1) is 0 Å². The summed E-state index contributed by atoms with van der Waals surface area (Å²) >= 11 is 0. The summed E-state index contributed by atoms with van der Waals surface area (Å²) in [6.45, 7) is 3.36. The van der Waals surface area contributed by atoms with Gasteiger partial charge in [0.25, 0.3) is 42.2 Å². The lowest BCUT2D eigenvalue weighted by Gasteiger charge is -2.40. The van der Waals surface area contributed by atoms with Crippen LogP contribution < -0.4 is 0 Å². The van der Waals surface area contributed by atoms with E-state index in [4.69, 9.17) is 25.5 Å². The molecule has 5 N–H and O–H groups in total. The van der Waals surface area contributed by atoms with Crippen LogP contribution in [0.25, 0.3) is 0 Å². The summed E-state index contributed by atoms with van der Waals surface area (Å²) < 4.78 is 434. The summed E-state index contributed by atoms with van der Waals surface area (Å²) in [7, 11) is 0. The molecule has 0 saturated heterocycles. The molecular weight excluding hydrogens is 1110 g/mol. The third-order valence-corrected chi connectivity index (χ3v) is 6.76. The highest BCUT2D eigenvalue weighted by Gasteiger charge is 2.83. The van der Waals surface area contributed by atoms with Gasteiger partial charge in [-0.1, -0.05) is 6.58 Å². The van der Waals surface area contributed by atoms with E-state index in [0.717, 1.165) is 0 Å². The van der Waals surface area contributed by atoms with Crippen LogP contribution in [-0.2, 0) is 14.3 Å². The molecule has 0 aromatic heterocycles. The van der Waals surface area contributed by atoms with Crippen LogP contribution in [0.5, 0.6) is 0 Å². The Balaban J connectivity index is -0.000000276. The molecule has 0 rings (SSSR count). The predicted octanol–water partition coefficient (Wildman–Crippen LogP) is 9.23. The standard InChI is InChI=1S/C10H8F10O3.C6H4F10O2.C6H2F10O2.C3H2F6O.H/c1-3(2)4(21)23-5(9(15,16)17)8(13,14)7(22,6(11)12)10(18,19)20;2*7-2(8)3(18,6(14,15)16)4(9,10)1(17)5(11,12)13;4-2(5,6)1(10)3(7,8)9;/h5-6,22H,1H2,2H3;1-2,17-18H;2,18H;1,10H;/q;;;;-1. The molecular formula is C25H17F36O8-. The van der Waals surface area contributed by atoms with Crippen molar-refractivity contribution < 1.29 is 199 Å². The fourth-order valence-corrected chi connectivity index (χ4v) is 3.06. The number of halogens is 36. The van der Waals surface area contributed by atoms with E-state index in [1.54, 1.807) is 0 Å². The molecule has 0 saturated carbocycles. The van der Waals surface area contributed by atoms with Gasteiger partial charge in [-0.05, 0) is 6.92 Å². The maximum absolute atomic E-state index is 13.5. The number of esters is 1. The van der Waals surface area contributed by atoms with Crippen molar-refractivity contribution in [3.63, 3.8) is 0 Å². The second-order valence-corrected chi connectivity index (χ2v) is 11.9. The number of aliphatic hydroxyl groups excluding tert-OH is 2. The van der Waals surface area contributed by atoms with Gasteiger partial charge < -0.3 is 31.7 Å². The van der Waals surface area contributed by atoms with Gasteiger partial charge in [-0.25, -0.2) is 31.1 Å². The second kappa shape index (κ2) is 21.9. The number of hydrogen-bond acceptors (Lipinski definition) is 8. The summed E-state index contributed by atoms with van der Waals surface area (Å²) in [6, 6.07) is 0. The van der Waals surface area contributed by atoms with Crippen molar-refractivity contribution in [2.24, 2.45) is 0 Å². The van der Waals surface area contributed by atoms with Crippen molar-refractivity contribution in [1.82, 2.24) is 0 Å². The molecule has 0 spiro atoms. The van der Waals surface area contributed by atoms with Crippen LogP contribution >= 0.6 is 0 Å². The Morgan fingerprint density at radius 3 is 0.841 bits per heavy atom. The van der Waals surface area contributed by atoms with Crippen molar-refractivity contribution in [3.8, 4) is 0 Å². The topological polar surface area (TPSA) is 145 Å². The normalized spacial score (nSPS) is 17.8. The molecule has 0 amide bonds. The molecule has 0 aliphatic carbocycles. The Bertz CT molecular complexity index is 1660. The lowest BCUT2D eigenvalue weighted by molar-refractivity contribution is -0.401. The number of hydrogen-bond donors (Lipinski definition) is 5. The van der Waals surface area contributed by atoms with Gasteiger partial charge in [-0.15, -0.1) is 0 Å². The van der Waals surface area contributed by atoms with E-state index in [1.807, 2.05) is 0 Å². The smallest absolute Gasteiger partial charge is 0.456 e. The molecule has 44 heteroatoms. The minimum absolute atomic E-state index is 0. The summed E-state index contributed by atoms with van der Waals surface area (Å²) in [5.41, 5.74) is -20.1. The maximum atomic E-state index is 13.5. The minimum atomic E-state index is -6.87. The van der Waals surface area contributed by atoms with Gasteiger partial charge in [0.15, 0.2) is 0 Å². The van der Waals surface area contributed by atoms with Gasteiger partial charge in [-0.2, -0.15) is 132 Å². The summed E-state index contributed by atoms with van der Waals surface area (Å²) in [6.07, 6.45) is -81.4. The fraction of sp³-hybridized carbons (Fsp3) is 0.840. The molecule has 5 atom stereocenters. The Morgan fingerprint density at radius 1 is 0.435 bits per heavy atom. The molecule has 0 aliphatic rings. The van der Waals surface area contributed by atoms with Crippen molar-refractivity contribution in [3.05, 3.63) is 12.2 Å². The zero-order chi connectivity index (χ0) is 57.9. The molecule has 69 heavy (non-hydrogen) atoms. The summed E-state index contributed by atoms with van der Waals surface area (Å²) in [5, 5.41) is 40.4. The average molecular weight is 1130 g/mol. The molecule has 0 aromatic carbocycles. The van der Waals surface area contributed by atoms with Crippen molar-refractivity contribution in [2.75, 3.05) is 0 Å².